The Bertz CT molecular complexity index is 2350. The fourth-order valence-electron chi connectivity index (χ4n) is 11.2. The van der Waals surface area contributed by atoms with E-state index in [2.05, 4.69) is 101 Å². The van der Waals surface area contributed by atoms with Gasteiger partial charge in [-0.1, -0.05) is 149 Å². The van der Waals surface area contributed by atoms with Gasteiger partial charge in [-0.25, -0.2) is 4.79 Å². The van der Waals surface area contributed by atoms with Gasteiger partial charge in [0.15, 0.2) is 11.9 Å². The Balaban J connectivity index is 1.10. The summed E-state index contributed by atoms with van der Waals surface area (Å²) in [4.78, 5) is 28.9. The van der Waals surface area contributed by atoms with Crippen LogP contribution in [0.15, 0.2) is 144 Å². The number of carbonyl (C=O) groups excluding carboxylic acids is 2. The lowest BCUT2D eigenvalue weighted by molar-refractivity contribution is -0.342. The van der Waals surface area contributed by atoms with Gasteiger partial charge in [-0.05, 0) is 89.9 Å². The van der Waals surface area contributed by atoms with E-state index in [-0.39, 0.29) is 43.5 Å². The minimum atomic E-state index is -2.42. The quantitative estimate of drug-likeness (QED) is 0.105. The maximum Gasteiger partial charge on any atom is 0.338 e. The molecular weight excluding hydrogens is 845 g/mol. The van der Waals surface area contributed by atoms with Crippen molar-refractivity contribution in [2.24, 2.45) is 23.7 Å². The smallest absolute Gasteiger partial charge is 0.338 e. The summed E-state index contributed by atoms with van der Waals surface area (Å²) in [6.45, 7) is 16.7. The molecule has 10 heteroatoms. The summed E-state index contributed by atoms with van der Waals surface area (Å²) in [5.41, 5.74) is 1.80. The Morgan fingerprint density at radius 3 is 2.21 bits per heavy atom. The summed E-state index contributed by atoms with van der Waals surface area (Å²) >= 11 is 0. The lowest BCUT2D eigenvalue weighted by Gasteiger charge is -2.51. The number of aliphatic hydroxyl groups is 2. The van der Waals surface area contributed by atoms with Gasteiger partial charge in [0, 0.05) is 25.2 Å². The fraction of sp³-hybridized carbons (Fsp3) is 0.464. The molecule has 11 atom stereocenters. The largest absolute Gasteiger partial charge is 0.462 e. The minimum Gasteiger partial charge on any atom is -0.462 e. The first kappa shape index (κ1) is 47.8. The molecule has 3 saturated heterocycles. The van der Waals surface area contributed by atoms with Crippen molar-refractivity contribution in [2.45, 2.75) is 135 Å². The van der Waals surface area contributed by atoms with Gasteiger partial charge < -0.3 is 33.9 Å². The van der Waals surface area contributed by atoms with E-state index in [0.717, 1.165) is 17.2 Å². The van der Waals surface area contributed by atoms with Crippen LogP contribution in [0.1, 0.15) is 90.9 Å². The predicted octanol–water partition coefficient (Wildman–Crippen LogP) is 8.05. The molecule has 66 heavy (non-hydrogen) atoms. The molecule has 1 unspecified atom stereocenters. The average molecular weight is 913 g/mol. The second kappa shape index (κ2) is 19.5. The monoisotopic (exact) mass is 912 g/mol. The molecule has 0 aromatic heterocycles. The van der Waals surface area contributed by atoms with Crippen molar-refractivity contribution in [1.82, 2.24) is 0 Å². The molecule has 3 fully saturated rings. The maximum atomic E-state index is 14.8. The number of fused-ring (bicyclic) bond motifs is 2. The van der Waals surface area contributed by atoms with Gasteiger partial charge in [-0.2, -0.15) is 0 Å². The molecule has 3 aromatic rings. The summed E-state index contributed by atoms with van der Waals surface area (Å²) in [7, 11) is -2.42. The molecule has 350 valence electrons. The molecule has 8 rings (SSSR count). The fourth-order valence-corrected chi connectivity index (χ4v) is 14.7. The second-order valence-electron chi connectivity index (χ2n) is 20.2. The highest BCUT2D eigenvalue weighted by Gasteiger charge is 2.61. The van der Waals surface area contributed by atoms with Crippen molar-refractivity contribution >= 4 is 35.6 Å². The van der Waals surface area contributed by atoms with E-state index in [1.54, 1.807) is 13.0 Å². The molecule has 2 bridgehead atoms. The zero-order valence-corrected chi connectivity index (χ0v) is 40.8. The van der Waals surface area contributed by atoms with Crippen LogP contribution in [-0.4, -0.2) is 84.8 Å². The molecular formula is C56H68O9Si. The van der Waals surface area contributed by atoms with Gasteiger partial charge in [0.1, 0.15) is 31.8 Å². The van der Waals surface area contributed by atoms with E-state index in [9.17, 15) is 19.8 Å². The van der Waals surface area contributed by atoms with Crippen molar-refractivity contribution in [3.8, 4) is 0 Å². The number of esters is 2. The zero-order chi connectivity index (χ0) is 47.0. The average Bonchev–Trinajstić information content (AvgIpc) is 3.63. The first-order valence-electron chi connectivity index (χ1n) is 23.9. The van der Waals surface area contributed by atoms with Gasteiger partial charge in [-0.3, -0.25) is 4.79 Å². The van der Waals surface area contributed by atoms with Crippen LogP contribution in [0, 0.1) is 23.7 Å². The lowest BCUT2D eigenvalue weighted by Crippen LogP contribution is -2.64. The number of aliphatic hydroxyl groups excluding tert-OH is 1. The highest BCUT2D eigenvalue weighted by atomic mass is 28.3. The van der Waals surface area contributed by atoms with Gasteiger partial charge in [0.2, 0.25) is 0 Å². The second-order valence-corrected chi connectivity index (χ2v) is 24.2. The van der Waals surface area contributed by atoms with E-state index in [4.69, 9.17) is 23.7 Å². The van der Waals surface area contributed by atoms with Crippen LogP contribution < -0.4 is 15.6 Å². The Morgan fingerprint density at radius 2 is 1.56 bits per heavy atom. The third-order valence-electron chi connectivity index (χ3n) is 14.7. The number of carbonyl (C=O) groups is 2. The lowest BCUT2D eigenvalue weighted by atomic mass is 9.70. The van der Waals surface area contributed by atoms with Crippen molar-refractivity contribution in [3.05, 3.63) is 149 Å². The first-order valence-corrected chi connectivity index (χ1v) is 26.4. The van der Waals surface area contributed by atoms with Gasteiger partial charge in [0.25, 0.3) is 0 Å². The normalized spacial score (nSPS) is 35.1. The number of hydrogen-bond donors (Lipinski definition) is 2. The topological polar surface area (TPSA) is 121 Å². The minimum absolute atomic E-state index is 0.0334. The van der Waals surface area contributed by atoms with E-state index in [1.807, 2.05) is 62.4 Å². The summed E-state index contributed by atoms with van der Waals surface area (Å²) in [6.07, 6.45) is 10.0. The van der Waals surface area contributed by atoms with Crippen LogP contribution in [0.4, 0.5) is 0 Å². The van der Waals surface area contributed by atoms with Crippen LogP contribution in [0.25, 0.3) is 0 Å². The van der Waals surface area contributed by atoms with Crippen LogP contribution in [0.3, 0.4) is 0 Å². The zero-order valence-electron chi connectivity index (χ0n) is 39.8. The van der Waals surface area contributed by atoms with Crippen LogP contribution in [0.5, 0.6) is 0 Å². The summed E-state index contributed by atoms with van der Waals surface area (Å²) in [6, 6.07) is 28.7. The predicted molar refractivity (Wildman–Crippen MR) is 260 cm³/mol. The molecule has 4 heterocycles. The Morgan fingerprint density at radius 1 is 0.909 bits per heavy atom. The third kappa shape index (κ3) is 9.55. The summed E-state index contributed by atoms with van der Waals surface area (Å²) < 4.78 is 32.9. The molecule has 0 amide bonds. The Labute approximate surface area is 392 Å². The molecule has 5 aliphatic rings. The first-order chi connectivity index (χ1) is 31.5. The van der Waals surface area contributed by atoms with E-state index in [1.165, 1.54) is 15.9 Å². The number of rotatable bonds is 7. The molecule has 0 saturated carbocycles. The van der Waals surface area contributed by atoms with E-state index in [0.29, 0.717) is 35.5 Å². The molecule has 4 aliphatic heterocycles. The Hall–Kier alpha value is -4.68. The standard InChI is InChI=1S/C56H68O9Si/c1-35(2)28-38(5)50-40(7)49(57)33-55(65-50)32-44-31-43(64-55)25-22-37(4)29-36(3)16-15-17-42-34-61-52-51(39(6)30-48(54(59)62-44)56(42,52)60)63-53(58)41-23-26-47(27-24-41)66(8,45-18-11-9-12-19-45)46-20-13-10-14-21-46/h9-24,26-28,30,35-36,40,43-44,48-52,57,60H,25,29,31-34H2,1-8H3/b16-15+,37-22+,38-28+,42-17+/t36-,40-,43+,44-,48-,49?,50+,51+,52+,55-,56+/m0/s1. The van der Waals surface area contributed by atoms with Crippen LogP contribution >= 0.6 is 0 Å². The van der Waals surface area contributed by atoms with E-state index >= 15 is 0 Å². The van der Waals surface area contributed by atoms with Crippen molar-refractivity contribution < 1.29 is 43.5 Å². The van der Waals surface area contributed by atoms with Crippen molar-refractivity contribution in [2.75, 3.05) is 6.61 Å². The third-order valence-corrected chi connectivity index (χ3v) is 19.2. The number of hydrogen-bond acceptors (Lipinski definition) is 9. The van der Waals surface area contributed by atoms with Crippen LogP contribution in [0.2, 0.25) is 6.55 Å². The number of ether oxygens (including phenoxy) is 5. The highest BCUT2D eigenvalue weighted by Crippen LogP contribution is 2.48. The molecule has 2 N–H and O–H groups in total. The molecule has 0 radical (unpaired) electrons. The van der Waals surface area contributed by atoms with Crippen molar-refractivity contribution in [1.29, 1.82) is 0 Å². The van der Waals surface area contributed by atoms with Gasteiger partial charge in [0.05, 0.1) is 30.5 Å². The molecule has 3 aromatic carbocycles. The molecule has 1 spiro atoms. The summed E-state index contributed by atoms with van der Waals surface area (Å²) in [5, 5.41) is 28.2. The summed E-state index contributed by atoms with van der Waals surface area (Å²) in [5.74, 6) is -3.22. The van der Waals surface area contributed by atoms with Gasteiger partial charge in [-0.15, -0.1) is 0 Å². The number of allylic oxidation sites excluding steroid dienone is 5. The maximum absolute atomic E-state index is 14.8. The van der Waals surface area contributed by atoms with Crippen LogP contribution in [-0.2, 0) is 28.5 Å². The van der Waals surface area contributed by atoms with E-state index < -0.39 is 61.7 Å². The molecule has 9 nitrogen and oxygen atoms in total. The SMILES string of the molecule is CC1=C[C@H]2C(=O)O[C@H]3C[C@@H](C/C=C(\C)C[C@@H](C)/C=C/C=C4\CO[C@H]([C@@H]1OC(=O)c1ccc([Si](C)(c5ccccc5)c5ccccc5)cc1)[C@@]42O)O[C@@]1(CC(O)[C@H](C)[C@@H](/C(C)=C/C(C)C)O1)C3. The van der Waals surface area contributed by atoms with Gasteiger partial charge >= 0.3 is 11.9 Å². The molecule has 1 aliphatic carbocycles. The van der Waals surface area contributed by atoms with Crippen molar-refractivity contribution in [3.63, 3.8) is 0 Å². The Kier molecular flexibility index (Phi) is 14.1. The number of benzene rings is 3. The highest BCUT2D eigenvalue weighted by molar-refractivity contribution is 7.10.